The summed E-state index contributed by atoms with van der Waals surface area (Å²) in [6.45, 7) is 1.87. The molecule has 2 nitrogen and oxygen atoms in total. The van der Waals surface area contributed by atoms with Crippen molar-refractivity contribution in [3.8, 4) is 0 Å². The van der Waals surface area contributed by atoms with Gasteiger partial charge >= 0.3 is 5.97 Å². The van der Waals surface area contributed by atoms with Crippen molar-refractivity contribution in [2.24, 2.45) is 0 Å². The summed E-state index contributed by atoms with van der Waals surface area (Å²) in [5.41, 5.74) is 1.65. The Hall–Kier alpha value is -0.830. The minimum atomic E-state index is -0.223. The third-order valence-electron chi connectivity index (χ3n) is 1.96. The largest absolute Gasteiger partial charge is 0.454 e. The van der Waals surface area contributed by atoms with Gasteiger partial charge in [0.1, 0.15) is 6.10 Å². The fourth-order valence-electron chi connectivity index (χ4n) is 1.35. The van der Waals surface area contributed by atoms with Gasteiger partial charge < -0.3 is 4.74 Å². The van der Waals surface area contributed by atoms with Crippen molar-refractivity contribution in [1.29, 1.82) is 0 Å². The quantitative estimate of drug-likeness (QED) is 0.637. The molecule has 1 atom stereocenters. The van der Waals surface area contributed by atoms with Gasteiger partial charge in [-0.2, -0.15) is 0 Å². The van der Waals surface area contributed by atoms with Crippen molar-refractivity contribution in [3.63, 3.8) is 0 Å². The zero-order valence-electron chi connectivity index (χ0n) is 6.50. The van der Waals surface area contributed by atoms with E-state index in [0.29, 0.717) is 5.56 Å². The molecule has 0 amide bonds. The highest BCUT2D eigenvalue weighted by atomic mass is 79.9. The van der Waals surface area contributed by atoms with Crippen molar-refractivity contribution in [1.82, 2.24) is 0 Å². The fourth-order valence-corrected chi connectivity index (χ4v) is 1.71. The second kappa shape index (κ2) is 2.59. The Balaban J connectivity index is 2.60. The van der Waals surface area contributed by atoms with Gasteiger partial charge in [0.05, 0.1) is 5.56 Å². The van der Waals surface area contributed by atoms with Gasteiger partial charge in [-0.3, -0.25) is 0 Å². The van der Waals surface area contributed by atoms with E-state index < -0.39 is 0 Å². The topological polar surface area (TPSA) is 26.3 Å². The molecule has 1 aliphatic rings. The average molecular weight is 227 g/mol. The molecule has 0 radical (unpaired) electrons. The lowest BCUT2D eigenvalue weighted by molar-refractivity contribution is 0.0422. The molecule has 0 N–H and O–H groups in total. The summed E-state index contributed by atoms with van der Waals surface area (Å²) < 4.78 is 5.94. The van der Waals surface area contributed by atoms with Crippen LogP contribution in [-0.2, 0) is 4.74 Å². The maximum Gasteiger partial charge on any atom is 0.339 e. The van der Waals surface area contributed by atoms with Gasteiger partial charge in [-0.1, -0.05) is 22.0 Å². The fraction of sp³-hybridized carbons (Fsp3) is 0.222. The number of benzene rings is 1. The molecule has 1 aliphatic heterocycles. The van der Waals surface area contributed by atoms with Crippen molar-refractivity contribution in [3.05, 3.63) is 33.8 Å². The summed E-state index contributed by atoms with van der Waals surface area (Å²) in [5.74, 6) is -0.223. The molecular formula is C9H7BrO2. The van der Waals surface area contributed by atoms with E-state index in [9.17, 15) is 4.79 Å². The number of ether oxygens (including phenoxy) is 1. The SMILES string of the molecule is CC1OC(=O)c2cc(Br)ccc21. The van der Waals surface area contributed by atoms with Crippen LogP contribution in [0.25, 0.3) is 0 Å². The monoisotopic (exact) mass is 226 g/mol. The van der Waals surface area contributed by atoms with E-state index >= 15 is 0 Å². The van der Waals surface area contributed by atoms with Crippen LogP contribution in [0.5, 0.6) is 0 Å². The van der Waals surface area contributed by atoms with Crippen LogP contribution in [0, 0.1) is 0 Å². The Labute approximate surface area is 78.7 Å². The third-order valence-corrected chi connectivity index (χ3v) is 2.45. The predicted octanol–water partition coefficient (Wildman–Crippen LogP) is 2.68. The van der Waals surface area contributed by atoms with Crippen LogP contribution in [0.4, 0.5) is 0 Å². The Morgan fingerprint density at radius 2 is 2.25 bits per heavy atom. The second-order valence-electron chi connectivity index (χ2n) is 2.78. The number of esters is 1. The molecule has 0 bridgehead atoms. The van der Waals surface area contributed by atoms with Gasteiger partial charge in [0, 0.05) is 10.0 Å². The zero-order valence-corrected chi connectivity index (χ0v) is 8.09. The lowest BCUT2D eigenvalue weighted by atomic mass is 10.1. The van der Waals surface area contributed by atoms with Crippen LogP contribution in [0.2, 0.25) is 0 Å². The molecule has 1 aromatic carbocycles. The smallest absolute Gasteiger partial charge is 0.339 e. The minimum absolute atomic E-state index is 0.0967. The maximum absolute atomic E-state index is 11.2. The minimum Gasteiger partial charge on any atom is -0.454 e. The van der Waals surface area contributed by atoms with Gasteiger partial charge in [-0.15, -0.1) is 0 Å². The maximum atomic E-state index is 11.2. The van der Waals surface area contributed by atoms with E-state index in [1.807, 2.05) is 19.1 Å². The summed E-state index contributed by atoms with van der Waals surface area (Å²) in [6, 6.07) is 5.62. The Morgan fingerprint density at radius 3 is 3.00 bits per heavy atom. The van der Waals surface area contributed by atoms with Crippen LogP contribution in [-0.4, -0.2) is 5.97 Å². The van der Waals surface area contributed by atoms with Crippen molar-refractivity contribution in [2.75, 3.05) is 0 Å². The van der Waals surface area contributed by atoms with Gasteiger partial charge in [0.2, 0.25) is 0 Å². The van der Waals surface area contributed by atoms with E-state index in [4.69, 9.17) is 4.74 Å². The van der Waals surface area contributed by atoms with E-state index in [1.54, 1.807) is 6.07 Å². The number of hydrogen-bond donors (Lipinski definition) is 0. The summed E-state index contributed by atoms with van der Waals surface area (Å²) >= 11 is 3.30. The number of halogens is 1. The van der Waals surface area contributed by atoms with Crippen LogP contribution in [0.1, 0.15) is 28.9 Å². The molecule has 1 unspecified atom stereocenters. The molecule has 2 rings (SSSR count). The Bertz CT molecular complexity index is 346. The molecule has 62 valence electrons. The molecule has 12 heavy (non-hydrogen) atoms. The molecule has 0 fully saturated rings. The van der Waals surface area contributed by atoms with Crippen LogP contribution in [0.15, 0.2) is 22.7 Å². The number of cyclic esters (lactones) is 1. The average Bonchev–Trinajstić information content (AvgIpc) is 2.28. The van der Waals surface area contributed by atoms with E-state index in [1.165, 1.54) is 0 Å². The molecule has 3 heteroatoms. The highest BCUT2D eigenvalue weighted by Crippen LogP contribution is 2.31. The third kappa shape index (κ3) is 1.05. The zero-order chi connectivity index (χ0) is 8.72. The van der Waals surface area contributed by atoms with Crippen LogP contribution in [0.3, 0.4) is 0 Å². The molecule has 0 spiro atoms. The lowest BCUT2D eigenvalue weighted by Gasteiger charge is -2.00. The highest BCUT2D eigenvalue weighted by molar-refractivity contribution is 9.10. The number of hydrogen-bond acceptors (Lipinski definition) is 2. The Morgan fingerprint density at radius 1 is 1.50 bits per heavy atom. The molecule has 1 heterocycles. The standard InChI is InChI=1S/C9H7BrO2/c1-5-7-3-2-6(10)4-8(7)9(11)12-5/h2-5H,1H3. The summed E-state index contributed by atoms with van der Waals surface area (Å²) in [4.78, 5) is 11.2. The molecular weight excluding hydrogens is 220 g/mol. The van der Waals surface area contributed by atoms with Crippen molar-refractivity contribution >= 4 is 21.9 Å². The molecule has 0 saturated heterocycles. The molecule has 1 aromatic rings. The number of rotatable bonds is 0. The van der Waals surface area contributed by atoms with Crippen LogP contribution < -0.4 is 0 Å². The molecule has 0 aliphatic carbocycles. The molecule has 0 saturated carbocycles. The number of carbonyl (C=O) groups excluding carboxylic acids is 1. The predicted molar refractivity (Wildman–Crippen MR) is 48.0 cm³/mol. The number of carbonyl (C=O) groups is 1. The van der Waals surface area contributed by atoms with Gasteiger partial charge in [-0.05, 0) is 19.1 Å². The normalized spacial score (nSPS) is 20.5. The summed E-state index contributed by atoms with van der Waals surface area (Å²) in [5, 5.41) is 0. The first-order valence-corrected chi connectivity index (χ1v) is 4.48. The van der Waals surface area contributed by atoms with Crippen LogP contribution >= 0.6 is 15.9 Å². The summed E-state index contributed by atoms with van der Waals surface area (Å²) in [6.07, 6.45) is -0.0967. The Kier molecular flexibility index (Phi) is 1.68. The molecule has 0 aromatic heterocycles. The van der Waals surface area contributed by atoms with Gasteiger partial charge in [0.15, 0.2) is 0 Å². The van der Waals surface area contributed by atoms with E-state index in [2.05, 4.69) is 15.9 Å². The first-order chi connectivity index (χ1) is 5.68. The van der Waals surface area contributed by atoms with Gasteiger partial charge in [-0.25, -0.2) is 4.79 Å². The first kappa shape index (κ1) is 7.80. The second-order valence-corrected chi connectivity index (χ2v) is 3.69. The van der Waals surface area contributed by atoms with E-state index in [0.717, 1.165) is 10.0 Å². The van der Waals surface area contributed by atoms with Gasteiger partial charge in [0.25, 0.3) is 0 Å². The highest BCUT2D eigenvalue weighted by Gasteiger charge is 2.27. The summed E-state index contributed by atoms with van der Waals surface area (Å²) in [7, 11) is 0. The lowest BCUT2D eigenvalue weighted by Crippen LogP contribution is -1.94. The van der Waals surface area contributed by atoms with Crippen molar-refractivity contribution < 1.29 is 9.53 Å². The van der Waals surface area contributed by atoms with E-state index in [-0.39, 0.29) is 12.1 Å². The number of fused-ring (bicyclic) bond motifs is 1. The first-order valence-electron chi connectivity index (χ1n) is 3.69. The van der Waals surface area contributed by atoms with Crippen molar-refractivity contribution in [2.45, 2.75) is 13.0 Å².